The summed E-state index contributed by atoms with van der Waals surface area (Å²) in [6.07, 6.45) is 0.308. The standard InChI is InChI=1S/C12H16N4O2/c13-6-5-11(17)14-7-8-16-10-4-2-1-3-9(10)15-12(16)18/h1-4H,5-8,13H2,(H,14,17)(H,15,18). The van der Waals surface area contributed by atoms with E-state index in [0.29, 0.717) is 26.1 Å². The molecule has 6 heteroatoms. The van der Waals surface area contributed by atoms with Crippen molar-refractivity contribution < 1.29 is 4.79 Å². The van der Waals surface area contributed by atoms with Gasteiger partial charge in [0.05, 0.1) is 11.0 Å². The van der Waals surface area contributed by atoms with Gasteiger partial charge < -0.3 is 16.0 Å². The molecular formula is C12H16N4O2. The minimum Gasteiger partial charge on any atom is -0.354 e. The Morgan fingerprint density at radius 2 is 2.17 bits per heavy atom. The van der Waals surface area contributed by atoms with Crippen molar-refractivity contribution in [2.24, 2.45) is 5.73 Å². The number of H-pyrrole nitrogens is 1. The van der Waals surface area contributed by atoms with E-state index in [0.717, 1.165) is 11.0 Å². The van der Waals surface area contributed by atoms with Crippen LogP contribution in [0, 0.1) is 0 Å². The van der Waals surface area contributed by atoms with Crippen molar-refractivity contribution in [3.8, 4) is 0 Å². The third-order valence-corrected chi connectivity index (χ3v) is 2.71. The minimum atomic E-state index is -0.163. The Morgan fingerprint density at radius 3 is 2.94 bits per heavy atom. The van der Waals surface area contributed by atoms with Crippen molar-refractivity contribution in [2.75, 3.05) is 13.1 Å². The molecule has 6 nitrogen and oxygen atoms in total. The fourth-order valence-corrected chi connectivity index (χ4v) is 1.86. The lowest BCUT2D eigenvalue weighted by molar-refractivity contribution is -0.120. The number of rotatable bonds is 5. The summed E-state index contributed by atoms with van der Waals surface area (Å²) in [4.78, 5) is 25.7. The highest BCUT2D eigenvalue weighted by Crippen LogP contribution is 2.08. The Hall–Kier alpha value is -2.08. The van der Waals surface area contributed by atoms with E-state index in [9.17, 15) is 9.59 Å². The summed E-state index contributed by atoms with van der Waals surface area (Å²) in [5.74, 6) is -0.0922. The Morgan fingerprint density at radius 1 is 1.39 bits per heavy atom. The Labute approximate surface area is 104 Å². The number of aromatic nitrogens is 2. The van der Waals surface area contributed by atoms with Gasteiger partial charge in [-0.1, -0.05) is 12.1 Å². The van der Waals surface area contributed by atoms with E-state index < -0.39 is 0 Å². The van der Waals surface area contributed by atoms with Crippen molar-refractivity contribution in [2.45, 2.75) is 13.0 Å². The number of fused-ring (bicyclic) bond motifs is 1. The van der Waals surface area contributed by atoms with E-state index in [4.69, 9.17) is 5.73 Å². The SMILES string of the molecule is NCCC(=O)NCCn1c(=O)[nH]c2ccccc21. The van der Waals surface area contributed by atoms with Crippen LogP contribution >= 0.6 is 0 Å². The van der Waals surface area contributed by atoms with Crippen molar-refractivity contribution in [1.29, 1.82) is 0 Å². The number of nitrogens with one attached hydrogen (secondary N) is 2. The van der Waals surface area contributed by atoms with Gasteiger partial charge in [-0.15, -0.1) is 0 Å². The van der Waals surface area contributed by atoms with Crippen LogP contribution in [0.3, 0.4) is 0 Å². The first-order valence-corrected chi connectivity index (χ1v) is 5.86. The summed E-state index contributed by atoms with van der Waals surface area (Å²) in [6.45, 7) is 1.19. The molecule has 0 saturated heterocycles. The molecule has 18 heavy (non-hydrogen) atoms. The third-order valence-electron chi connectivity index (χ3n) is 2.71. The third kappa shape index (κ3) is 2.60. The lowest BCUT2D eigenvalue weighted by atomic mass is 10.3. The molecule has 2 rings (SSSR count). The highest BCUT2D eigenvalue weighted by molar-refractivity contribution is 5.76. The zero-order valence-corrected chi connectivity index (χ0v) is 9.98. The normalized spacial score (nSPS) is 10.7. The van der Waals surface area contributed by atoms with Crippen molar-refractivity contribution >= 4 is 16.9 Å². The number of amides is 1. The number of nitrogens with two attached hydrogens (primary N) is 1. The van der Waals surface area contributed by atoms with E-state index >= 15 is 0 Å². The van der Waals surface area contributed by atoms with Gasteiger partial charge >= 0.3 is 5.69 Å². The van der Waals surface area contributed by atoms with Crippen LogP contribution in [0.5, 0.6) is 0 Å². The summed E-state index contributed by atoms with van der Waals surface area (Å²) in [5.41, 5.74) is 6.76. The second kappa shape index (κ2) is 5.50. The van der Waals surface area contributed by atoms with Crippen LogP contribution in [-0.4, -0.2) is 28.5 Å². The van der Waals surface area contributed by atoms with Crippen LogP contribution < -0.4 is 16.7 Å². The molecule has 0 saturated carbocycles. The molecule has 0 radical (unpaired) electrons. The van der Waals surface area contributed by atoms with Gasteiger partial charge in [-0.2, -0.15) is 0 Å². The smallest absolute Gasteiger partial charge is 0.326 e. The molecule has 1 aromatic heterocycles. The van der Waals surface area contributed by atoms with Crippen LogP contribution in [0.4, 0.5) is 0 Å². The second-order valence-electron chi connectivity index (χ2n) is 3.99. The predicted octanol–water partition coefficient (Wildman–Crippen LogP) is -0.205. The number of carbonyl (C=O) groups is 1. The summed E-state index contributed by atoms with van der Waals surface area (Å²) >= 11 is 0. The van der Waals surface area contributed by atoms with E-state index in [2.05, 4.69) is 10.3 Å². The van der Waals surface area contributed by atoms with Gasteiger partial charge in [0, 0.05) is 26.1 Å². The molecule has 96 valence electrons. The molecule has 0 fully saturated rings. The molecule has 0 bridgehead atoms. The fraction of sp³-hybridized carbons (Fsp3) is 0.333. The topological polar surface area (TPSA) is 92.9 Å². The minimum absolute atomic E-state index is 0.0922. The van der Waals surface area contributed by atoms with Crippen LogP contribution in [0.15, 0.2) is 29.1 Å². The monoisotopic (exact) mass is 248 g/mol. The maximum atomic E-state index is 11.7. The van der Waals surface area contributed by atoms with Gasteiger partial charge in [0.15, 0.2) is 0 Å². The average molecular weight is 248 g/mol. The molecule has 0 aliphatic carbocycles. The van der Waals surface area contributed by atoms with Crippen molar-refractivity contribution in [3.05, 3.63) is 34.7 Å². The zero-order valence-electron chi connectivity index (χ0n) is 9.98. The number of nitrogens with zero attached hydrogens (tertiary/aromatic N) is 1. The van der Waals surface area contributed by atoms with Gasteiger partial charge in [0.25, 0.3) is 0 Å². The summed E-state index contributed by atoms with van der Waals surface area (Å²) in [7, 11) is 0. The number of aromatic amines is 1. The highest BCUT2D eigenvalue weighted by Gasteiger charge is 2.05. The molecule has 1 aromatic carbocycles. The molecule has 1 heterocycles. The number of imidazole rings is 1. The molecule has 0 atom stereocenters. The molecule has 0 aliphatic heterocycles. The number of hydrogen-bond donors (Lipinski definition) is 3. The maximum Gasteiger partial charge on any atom is 0.326 e. The first kappa shape index (κ1) is 12.4. The van der Waals surface area contributed by atoms with Gasteiger partial charge in [0.2, 0.25) is 5.91 Å². The van der Waals surface area contributed by atoms with Gasteiger partial charge in [-0.3, -0.25) is 9.36 Å². The molecule has 4 N–H and O–H groups in total. The Bertz CT molecular complexity index is 599. The first-order valence-electron chi connectivity index (χ1n) is 5.86. The predicted molar refractivity (Wildman–Crippen MR) is 69.2 cm³/mol. The average Bonchev–Trinajstić information content (AvgIpc) is 2.66. The van der Waals surface area contributed by atoms with E-state index in [1.54, 1.807) is 4.57 Å². The molecule has 1 amide bonds. The number of hydrogen-bond acceptors (Lipinski definition) is 3. The van der Waals surface area contributed by atoms with Gasteiger partial charge in [-0.25, -0.2) is 4.79 Å². The number of carbonyl (C=O) groups excluding carboxylic acids is 1. The number of para-hydroxylation sites is 2. The van der Waals surface area contributed by atoms with Crippen molar-refractivity contribution in [3.63, 3.8) is 0 Å². The largest absolute Gasteiger partial charge is 0.354 e. The molecule has 0 unspecified atom stereocenters. The summed E-state index contributed by atoms with van der Waals surface area (Å²) in [5, 5.41) is 2.72. The first-order chi connectivity index (χ1) is 8.72. The summed E-state index contributed by atoms with van der Waals surface area (Å²) < 4.78 is 1.61. The maximum absolute atomic E-state index is 11.7. The van der Waals surface area contributed by atoms with Gasteiger partial charge in [-0.05, 0) is 12.1 Å². The Kier molecular flexibility index (Phi) is 3.78. The second-order valence-corrected chi connectivity index (χ2v) is 3.99. The van der Waals surface area contributed by atoms with E-state index in [1.165, 1.54) is 0 Å². The Balaban J connectivity index is 2.06. The highest BCUT2D eigenvalue weighted by atomic mass is 16.2. The zero-order chi connectivity index (χ0) is 13.0. The van der Waals surface area contributed by atoms with E-state index in [-0.39, 0.29) is 11.6 Å². The number of benzene rings is 1. The molecule has 0 spiro atoms. The molecule has 2 aromatic rings. The van der Waals surface area contributed by atoms with Gasteiger partial charge in [0.1, 0.15) is 0 Å². The lowest BCUT2D eigenvalue weighted by Crippen LogP contribution is -2.31. The van der Waals surface area contributed by atoms with Crippen LogP contribution in [0.1, 0.15) is 6.42 Å². The van der Waals surface area contributed by atoms with Crippen LogP contribution in [0.25, 0.3) is 11.0 Å². The molecule has 0 aliphatic rings. The summed E-state index contributed by atoms with van der Waals surface area (Å²) in [6, 6.07) is 7.46. The van der Waals surface area contributed by atoms with Crippen LogP contribution in [0.2, 0.25) is 0 Å². The molecular weight excluding hydrogens is 232 g/mol. The quantitative estimate of drug-likeness (QED) is 0.683. The van der Waals surface area contributed by atoms with Crippen molar-refractivity contribution in [1.82, 2.24) is 14.9 Å². The van der Waals surface area contributed by atoms with E-state index in [1.807, 2.05) is 24.3 Å². The van der Waals surface area contributed by atoms with Crippen LogP contribution in [-0.2, 0) is 11.3 Å². The fourth-order valence-electron chi connectivity index (χ4n) is 1.86. The lowest BCUT2D eigenvalue weighted by Gasteiger charge is -2.05.